The summed E-state index contributed by atoms with van der Waals surface area (Å²) in [4.78, 5) is 3.16. The van der Waals surface area contributed by atoms with E-state index in [2.05, 4.69) is 15.8 Å². The van der Waals surface area contributed by atoms with Gasteiger partial charge in [-0.25, -0.2) is 8.42 Å². The van der Waals surface area contributed by atoms with Crippen molar-refractivity contribution in [2.45, 2.75) is 11.8 Å². The number of nitriles is 1. The van der Waals surface area contributed by atoms with E-state index in [1.807, 2.05) is 6.92 Å². The first-order valence-electron chi connectivity index (χ1n) is 6.61. The van der Waals surface area contributed by atoms with Crippen LogP contribution in [0.3, 0.4) is 0 Å². The molecule has 0 fully saturated rings. The standard InChI is InChI=1S/C16H13N3O2S/c1-11-7-8-14(16-15(11)12(9-17)10-18-16)19-22(20,21)13-5-3-2-4-6-13/h2-8,10,18-19H,1H3. The van der Waals surface area contributed by atoms with Gasteiger partial charge in [-0.15, -0.1) is 0 Å². The summed E-state index contributed by atoms with van der Waals surface area (Å²) in [6.07, 6.45) is 1.58. The molecule has 1 heterocycles. The second-order valence-electron chi connectivity index (χ2n) is 4.91. The molecular weight excluding hydrogens is 298 g/mol. The van der Waals surface area contributed by atoms with Gasteiger partial charge in [-0.2, -0.15) is 5.26 Å². The summed E-state index contributed by atoms with van der Waals surface area (Å²) in [6.45, 7) is 1.88. The van der Waals surface area contributed by atoms with E-state index < -0.39 is 10.0 Å². The lowest BCUT2D eigenvalue weighted by atomic mass is 10.1. The minimum Gasteiger partial charge on any atom is -0.358 e. The van der Waals surface area contributed by atoms with Crippen molar-refractivity contribution in [1.82, 2.24) is 4.98 Å². The number of fused-ring (bicyclic) bond motifs is 1. The Bertz CT molecular complexity index is 983. The highest BCUT2D eigenvalue weighted by Crippen LogP contribution is 2.29. The summed E-state index contributed by atoms with van der Waals surface area (Å²) in [7, 11) is -3.67. The van der Waals surface area contributed by atoms with Crippen LogP contribution in [-0.2, 0) is 10.0 Å². The quantitative estimate of drug-likeness (QED) is 0.779. The number of anilines is 1. The molecule has 6 heteroatoms. The monoisotopic (exact) mass is 311 g/mol. The van der Waals surface area contributed by atoms with E-state index in [4.69, 9.17) is 5.26 Å². The fourth-order valence-corrected chi connectivity index (χ4v) is 3.49. The van der Waals surface area contributed by atoms with E-state index in [9.17, 15) is 8.42 Å². The minimum absolute atomic E-state index is 0.191. The van der Waals surface area contributed by atoms with Gasteiger partial charge in [0, 0.05) is 11.6 Å². The Hall–Kier alpha value is -2.78. The lowest BCUT2D eigenvalue weighted by Gasteiger charge is -2.10. The van der Waals surface area contributed by atoms with E-state index in [0.29, 0.717) is 16.8 Å². The van der Waals surface area contributed by atoms with Crippen molar-refractivity contribution >= 4 is 26.6 Å². The van der Waals surface area contributed by atoms with Crippen molar-refractivity contribution < 1.29 is 8.42 Å². The van der Waals surface area contributed by atoms with Gasteiger partial charge < -0.3 is 4.98 Å². The summed E-state index contributed by atoms with van der Waals surface area (Å²) in [5.41, 5.74) is 2.44. The van der Waals surface area contributed by atoms with Crippen LogP contribution in [0.2, 0.25) is 0 Å². The lowest BCUT2D eigenvalue weighted by molar-refractivity contribution is 0.601. The molecule has 0 aliphatic rings. The van der Waals surface area contributed by atoms with Gasteiger partial charge in [-0.1, -0.05) is 24.3 Å². The topological polar surface area (TPSA) is 85.8 Å². The number of aromatic nitrogens is 1. The second-order valence-corrected chi connectivity index (χ2v) is 6.60. The van der Waals surface area contributed by atoms with E-state index in [-0.39, 0.29) is 4.90 Å². The molecule has 5 nitrogen and oxygen atoms in total. The van der Waals surface area contributed by atoms with Crippen LogP contribution in [0.25, 0.3) is 10.9 Å². The molecular formula is C16H13N3O2S. The van der Waals surface area contributed by atoms with E-state index in [0.717, 1.165) is 10.9 Å². The number of nitrogens with one attached hydrogen (secondary N) is 2. The van der Waals surface area contributed by atoms with Gasteiger partial charge in [0.15, 0.2) is 0 Å². The number of nitrogens with zero attached hydrogens (tertiary/aromatic N) is 1. The number of hydrogen-bond donors (Lipinski definition) is 2. The molecule has 3 aromatic rings. The molecule has 2 N–H and O–H groups in total. The second kappa shape index (κ2) is 5.20. The van der Waals surface area contributed by atoms with Crippen molar-refractivity contribution in [2.75, 3.05) is 4.72 Å². The Labute approximate surface area is 128 Å². The van der Waals surface area contributed by atoms with Gasteiger partial charge in [0.05, 0.1) is 21.7 Å². The zero-order valence-corrected chi connectivity index (χ0v) is 12.6. The van der Waals surface area contributed by atoms with E-state index >= 15 is 0 Å². The van der Waals surface area contributed by atoms with Crippen LogP contribution in [0.4, 0.5) is 5.69 Å². The SMILES string of the molecule is Cc1ccc(NS(=O)(=O)c2ccccc2)c2[nH]cc(C#N)c12. The third kappa shape index (κ3) is 2.32. The minimum atomic E-state index is -3.67. The van der Waals surface area contributed by atoms with Crippen molar-refractivity contribution in [3.63, 3.8) is 0 Å². The Morgan fingerprint density at radius 3 is 2.55 bits per heavy atom. The van der Waals surface area contributed by atoms with Gasteiger partial charge in [0.1, 0.15) is 6.07 Å². The third-order valence-electron chi connectivity index (χ3n) is 3.46. The molecule has 0 aliphatic heterocycles. The fraction of sp³-hybridized carbons (Fsp3) is 0.0625. The number of aromatic amines is 1. The Morgan fingerprint density at radius 1 is 1.14 bits per heavy atom. The summed E-state index contributed by atoms with van der Waals surface area (Å²) in [5, 5.41) is 9.87. The summed E-state index contributed by atoms with van der Waals surface area (Å²) in [6, 6.07) is 13.7. The number of aryl methyl sites for hydroxylation is 1. The van der Waals surface area contributed by atoms with E-state index in [1.165, 1.54) is 12.1 Å². The number of H-pyrrole nitrogens is 1. The van der Waals surface area contributed by atoms with Crippen molar-refractivity contribution in [2.24, 2.45) is 0 Å². The van der Waals surface area contributed by atoms with E-state index in [1.54, 1.807) is 36.5 Å². The summed E-state index contributed by atoms with van der Waals surface area (Å²) >= 11 is 0. The van der Waals surface area contributed by atoms with Crippen LogP contribution in [0.1, 0.15) is 11.1 Å². The maximum absolute atomic E-state index is 12.4. The zero-order chi connectivity index (χ0) is 15.7. The van der Waals surface area contributed by atoms with Gasteiger partial charge in [-0.3, -0.25) is 4.72 Å². The first-order valence-corrected chi connectivity index (χ1v) is 8.10. The molecule has 1 aromatic heterocycles. The smallest absolute Gasteiger partial charge is 0.261 e. The number of rotatable bonds is 3. The van der Waals surface area contributed by atoms with Crippen LogP contribution in [-0.4, -0.2) is 13.4 Å². The molecule has 0 saturated heterocycles. The molecule has 0 saturated carbocycles. The summed E-state index contributed by atoms with van der Waals surface area (Å²) < 4.78 is 27.4. The van der Waals surface area contributed by atoms with Crippen LogP contribution < -0.4 is 4.72 Å². The van der Waals surface area contributed by atoms with Gasteiger partial charge in [0.2, 0.25) is 0 Å². The average molecular weight is 311 g/mol. The maximum Gasteiger partial charge on any atom is 0.261 e. The number of benzene rings is 2. The molecule has 0 aliphatic carbocycles. The predicted octanol–water partition coefficient (Wildman–Crippen LogP) is 3.15. The number of hydrogen-bond acceptors (Lipinski definition) is 3. The lowest BCUT2D eigenvalue weighted by Crippen LogP contribution is -2.13. The van der Waals surface area contributed by atoms with Gasteiger partial charge in [-0.05, 0) is 30.7 Å². The highest BCUT2D eigenvalue weighted by molar-refractivity contribution is 7.92. The first-order chi connectivity index (χ1) is 10.5. The fourth-order valence-electron chi connectivity index (χ4n) is 2.40. The van der Waals surface area contributed by atoms with Gasteiger partial charge >= 0.3 is 0 Å². The molecule has 0 bridgehead atoms. The molecule has 0 amide bonds. The highest BCUT2D eigenvalue weighted by atomic mass is 32.2. The van der Waals surface area contributed by atoms with Gasteiger partial charge in [0.25, 0.3) is 10.0 Å². The van der Waals surface area contributed by atoms with Crippen molar-refractivity contribution in [3.8, 4) is 6.07 Å². The Morgan fingerprint density at radius 2 is 1.86 bits per heavy atom. The Balaban J connectivity index is 2.11. The molecule has 2 aromatic carbocycles. The van der Waals surface area contributed by atoms with Crippen molar-refractivity contribution in [1.29, 1.82) is 5.26 Å². The molecule has 0 radical (unpaired) electrons. The normalized spacial score (nSPS) is 11.3. The molecule has 110 valence electrons. The first kappa shape index (κ1) is 14.2. The largest absolute Gasteiger partial charge is 0.358 e. The van der Waals surface area contributed by atoms with Crippen molar-refractivity contribution in [3.05, 3.63) is 59.8 Å². The molecule has 0 spiro atoms. The van der Waals surface area contributed by atoms with Crippen LogP contribution in [0.5, 0.6) is 0 Å². The van der Waals surface area contributed by atoms with Crippen LogP contribution in [0.15, 0.2) is 53.6 Å². The van der Waals surface area contributed by atoms with Crippen LogP contribution in [0, 0.1) is 18.3 Å². The molecule has 0 unspecified atom stereocenters. The Kier molecular flexibility index (Phi) is 3.35. The maximum atomic E-state index is 12.4. The predicted molar refractivity (Wildman–Crippen MR) is 85.0 cm³/mol. The molecule has 22 heavy (non-hydrogen) atoms. The third-order valence-corrected chi connectivity index (χ3v) is 4.84. The zero-order valence-electron chi connectivity index (χ0n) is 11.8. The average Bonchev–Trinajstić information content (AvgIpc) is 2.96. The molecule has 0 atom stereocenters. The van der Waals surface area contributed by atoms with Crippen LogP contribution >= 0.6 is 0 Å². The number of sulfonamides is 1. The molecule has 3 rings (SSSR count). The highest BCUT2D eigenvalue weighted by Gasteiger charge is 2.17. The summed E-state index contributed by atoms with van der Waals surface area (Å²) in [5.74, 6) is 0.